The Morgan fingerprint density at radius 2 is 1.63 bits per heavy atom. The molecule has 0 spiro atoms. The van der Waals surface area contributed by atoms with Crippen molar-refractivity contribution in [2.75, 3.05) is 0 Å². The molecule has 0 aliphatic carbocycles. The van der Waals surface area contributed by atoms with Crippen LogP contribution in [0.25, 0.3) is 0 Å². The van der Waals surface area contributed by atoms with Gasteiger partial charge in [-0.1, -0.05) is 22.0 Å². The van der Waals surface area contributed by atoms with Crippen LogP contribution in [-0.4, -0.2) is 16.8 Å². The third kappa shape index (κ3) is 3.62. The van der Waals surface area contributed by atoms with E-state index in [2.05, 4.69) is 31.8 Å². The number of pyridine rings is 1. The van der Waals surface area contributed by atoms with Gasteiger partial charge in [0.15, 0.2) is 0 Å². The first kappa shape index (κ1) is 13.2. The van der Waals surface area contributed by atoms with Crippen LogP contribution in [0.1, 0.15) is 20.8 Å². The van der Waals surface area contributed by atoms with Gasteiger partial charge < -0.3 is 0 Å². The zero-order chi connectivity index (χ0) is 13.7. The van der Waals surface area contributed by atoms with Gasteiger partial charge in [0.25, 0.3) is 11.8 Å². The number of carbonyl (C=O) groups is 2. The number of hydrogen-bond donors (Lipinski definition) is 2. The zero-order valence-electron chi connectivity index (χ0n) is 9.76. The van der Waals surface area contributed by atoms with Crippen LogP contribution in [0, 0.1) is 0 Å². The van der Waals surface area contributed by atoms with Crippen LogP contribution in [0.5, 0.6) is 0 Å². The Labute approximate surface area is 118 Å². The Kier molecular flexibility index (Phi) is 4.25. The van der Waals surface area contributed by atoms with Crippen LogP contribution < -0.4 is 10.9 Å². The molecule has 5 nitrogen and oxygen atoms in total. The molecule has 96 valence electrons. The zero-order valence-corrected chi connectivity index (χ0v) is 11.3. The molecule has 1 aromatic carbocycles. The van der Waals surface area contributed by atoms with Crippen molar-refractivity contribution in [1.82, 2.24) is 15.8 Å². The molecule has 0 radical (unpaired) electrons. The van der Waals surface area contributed by atoms with Crippen molar-refractivity contribution in [3.8, 4) is 0 Å². The first-order valence-corrected chi connectivity index (χ1v) is 6.23. The Morgan fingerprint density at radius 1 is 0.947 bits per heavy atom. The maximum absolute atomic E-state index is 11.7. The summed E-state index contributed by atoms with van der Waals surface area (Å²) in [7, 11) is 0. The van der Waals surface area contributed by atoms with Crippen molar-refractivity contribution in [3.05, 3.63) is 64.4 Å². The molecule has 0 aliphatic rings. The molecule has 2 rings (SSSR count). The Bertz CT molecular complexity index is 585. The highest BCUT2D eigenvalue weighted by Crippen LogP contribution is 2.10. The summed E-state index contributed by atoms with van der Waals surface area (Å²) in [6, 6.07) is 11.7. The van der Waals surface area contributed by atoms with Crippen LogP contribution in [0.15, 0.2) is 53.1 Å². The minimum Gasteiger partial charge on any atom is -0.267 e. The number of amides is 2. The Balaban J connectivity index is 1.94. The molecule has 0 fully saturated rings. The van der Waals surface area contributed by atoms with Gasteiger partial charge in [0.1, 0.15) is 5.69 Å². The number of carbonyl (C=O) groups excluding carboxylic acids is 2. The molecule has 1 aromatic heterocycles. The maximum Gasteiger partial charge on any atom is 0.288 e. The topological polar surface area (TPSA) is 71.1 Å². The van der Waals surface area contributed by atoms with Gasteiger partial charge in [0.2, 0.25) is 0 Å². The third-order valence-corrected chi connectivity index (χ3v) is 2.82. The monoisotopic (exact) mass is 319 g/mol. The largest absolute Gasteiger partial charge is 0.288 e. The summed E-state index contributed by atoms with van der Waals surface area (Å²) in [5.74, 6) is -0.858. The Hall–Kier alpha value is -2.21. The molecule has 0 atom stereocenters. The van der Waals surface area contributed by atoms with E-state index in [-0.39, 0.29) is 5.69 Å². The summed E-state index contributed by atoms with van der Waals surface area (Å²) in [4.78, 5) is 27.2. The number of halogens is 1. The number of hydrazine groups is 1. The van der Waals surface area contributed by atoms with Gasteiger partial charge in [-0.25, -0.2) is 0 Å². The number of nitrogens with zero attached hydrogens (tertiary/aromatic N) is 1. The fourth-order valence-corrected chi connectivity index (χ4v) is 1.61. The first-order valence-electron chi connectivity index (χ1n) is 5.44. The van der Waals surface area contributed by atoms with E-state index >= 15 is 0 Å². The highest BCUT2D eigenvalue weighted by atomic mass is 79.9. The van der Waals surface area contributed by atoms with Crippen LogP contribution in [0.3, 0.4) is 0 Å². The first-order chi connectivity index (χ1) is 9.16. The number of rotatable bonds is 2. The van der Waals surface area contributed by atoms with E-state index in [1.165, 1.54) is 6.20 Å². The fraction of sp³-hybridized carbons (Fsp3) is 0. The lowest BCUT2D eigenvalue weighted by Crippen LogP contribution is -2.41. The summed E-state index contributed by atoms with van der Waals surface area (Å²) in [5, 5.41) is 0. The second-order valence-corrected chi connectivity index (χ2v) is 4.55. The minimum atomic E-state index is -0.467. The van der Waals surface area contributed by atoms with Gasteiger partial charge >= 0.3 is 0 Å². The SMILES string of the molecule is O=C(NNC(=O)c1ccccn1)c1ccc(Br)cc1. The van der Waals surface area contributed by atoms with Gasteiger partial charge in [0.05, 0.1) is 0 Å². The van der Waals surface area contributed by atoms with Gasteiger partial charge in [-0.3, -0.25) is 25.4 Å². The average Bonchev–Trinajstić information content (AvgIpc) is 2.46. The minimum absolute atomic E-state index is 0.235. The molecule has 6 heteroatoms. The van der Waals surface area contributed by atoms with Crippen molar-refractivity contribution < 1.29 is 9.59 Å². The second kappa shape index (κ2) is 6.10. The highest BCUT2D eigenvalue weighted by Gasteiger charge is 2.09. The molecule has 0 saturated heterocycles. The standard InChI is InChI=1S/C13H10BrN3O2/c14-10-6-4-9(5-7-10)12(18)16-17-13(19)11-3-1-2-8-15-11/h1-8H,(H,16,18)(H,17,19). The normalized spacial score (nSPS) is 9.74. The van der Waals surface area contributed by atoms with Crippen molar-refractivity contribution in [2.24, 2.45) is 0 Å². The number of nitrogens with one attached hydrogen (secondary N) is 2. The maximum atomic E-state index is 11.7. The van der Waals surface area contributed by atoms with E-state index in [0.29, 0.717) is 5.56 Å². The fourth-order valence-electron chi connectivity index (χ4n) is 1.35. The van der Waals surface area contributed by atoms with Crippen molar-refractivity contribution >= 4 is 27.7 Å². The summed E-state index contributed by atoms with van der Waals surface area (Å²) in [5.41, 5.74) is 5.31. The second-order valence-electron chi connectivity index (χ2n) is 3.63. The van der Waals surface area contributed by atoms with Crippen LogP contribution in [0.4, 0.5) is 0 Å². The molecular formula is C13H10BrN3O2. The molecular weight excluding hydrogens is 310 g/mol. The lowest BCUT2D eigenvalue weighted by molar-refractivity contribution is 0.0844. The van der Waals surface area contributed by atoms with Crippen LogP contribution in [-0.2, 0) is 0 Å². The number of hydrogen-bond acceptors (Lipinski definition) is 3. The number of aromatic nitrogens is 1. The van der Waals surface area contributed by atoms with Gasteiger partial charge in [-0.05, 0) is 36.4 Å². The predicted molar refractivity (Wildman–Crippen MR) is 73.3 cm³/mol. The average molecular weight is 320 g/mol. The van der Waals surface area contributed by atoms with E-state index < -0.39 is 11.8 Å². The Morgan fingerprint density at radius 3 is 2.26 bits per heavy atom. The van der Waals surface area contributed by atoms with Gasteiger partial charge in [0, 0.05) is 16.2 Å². The molecule has 0 bridgehead atoms. The summed E-state index contributed by atoms with van der Waals surface area (Å²) < 4.78 is 0.876. The lowest BCUT2D eigenvalue weighted by atomic mass is 10.2. The molecule has 1 heterocycles. The molecule has 2 aromatic rings. The van der Waals surface area contributed by atoms with Gasteiger partial charge in [-0.15, -0.1) is 0 Å². The molecule has 0 aliphatic heterocycles. The third-order valence-electron chi connectivity index (χ3n) is 2.29. The molecule has 0 unspecified atom stereocenters. The smallest absolute Gasteiger partial charge is 0.267 e. The summed E-state index contributed by atoms with van der Waals surface area (Å²) in [6.45, 7) is 0. The summed E-state index contributed by atoms with van der Waals surface area (Å²) in [6.07, 6.45) is 1.51. The molecule has 0 saturated carbocycles. The van der Waals surface area contributed by atoms with E-state index in [0.717, 1.165) is 4.47 Å². The van der Waals surface area contributed by atoms with Crippen LogP contribution in [0.2, 0.25) is 0 Å². The van der Waals surface area contributed by atoms with E-state index in [1.54, 1.807) is 42.5 Å². The van der Waals surface area contributed by atoms with Crippen molar-refractivity contribution in [1.29, 1.82) is 0 Å². The van der Waals surface area contributed by atoms with E-state index in [1.807, 2.05) is 0 Å². The molecule has 19 heavy (non-hydrogen) atoms. The van der Waals surface area contributed by atoms with Gasteiger partial charge in [-0.2, -0.15) is 0 Å². The summed E-state index contributed by atoms with van der Waals surface area (Å²) >= 11 is 3.28. The highest BCUT2D eigenvalue weighted by molar-refractivity contribution is 9.10. The van der Waals surface area contributed by atoms with Crippen LogP contribution >= 0.6 is 15.9 Å². The molecule has 2 amide bonds. The predicted octanol–water partition coefficient (Wildman–Crippen LogP) is 1.92. The number of benzene rings is 1. The van der Waals surface area contributed by atoms with E-state index in [4.69, 9.17) is 0 Å². The lowest BCUT2D eigenvalue weighted by Gasteiger charge is -2.06. The quantitative estimate of drug-likeness (QED) is 0.831. The van der Waals surface area contributed by atoms with Crippen molar-refractivity contribution in [3.63, 3.8) is 0 Å². The molecule has 2 N–H and O–H groups in total. The van der Waals surface area contributed by atoms with E-state index in [9.17, 15) is 9.59 Å². The van der Waals surface area contributed by atoms with Crippen molar-refractivity contribution in [2.45, 2.75) is 0 Å².